The van der Waals surface area contributed by atoms with E-state index in [1.54, 1.807) is 6.07 Å². The Morgan fingerprint density at radius 3 is 2.71 bits per heavy atom. The Bertz CT molecular complexity index is 416. The van der Waals surface area contributed by atoms with Gasteiger partial charge in [-0.15, -0.1) is 0 Å². The third kappa shape index (κ3) is 3.93. The molecule has 1 amide bonds. The molecule has 0 bridgehead atoms. The van der Waals surface area contributed by atoms with Crippen LogP contribution in [0.1, 0.15) is 44.0 Å². The molecule has 0 radical (unpaired) electrons. The number of halogens is 1. The Kier molecular flexibility index (Phi) is 4.40. The highest BCUT2D eigenvalue weighted by Gasteiger charge is 2.21. The Hall–Kier alpha value is -1.22. The lowest BCUT2D eigenvalue weighted by Gasteiger charge is -2.26. The first-order valence-corrected chi connectivity index (χ1v) is 6.04. The zero-order valence-corrected chi connectivity index (χ0v) is 11.1. The van der Waals surface area contributed by atoms with Crippen LogP contribution in [0.3, 0.4) is 0 Å². The van der Waals surface area contributed by atoms with Crippen LogP contribution in [0, 0.1) is 0 Å². The van der Waals surface area contributed by atoms with Gasteiger partial charge in [-0.25, -0.2) is 0 Å². The molecule has 0 spiro atoms. The number of phenols is 1. The van der Waals surface area contributed by atoms with Crippen LogP contribution < -0.4 is 5.32 Å². The number of carbonyl (C=O) groups excluding carboxylic acids is 1. The first kappa shape index (κ1) is 13.8. The molecule has 1 aromatic rings. The van der Waals surface area contributed by atoms with E-state index in [1.807, 2.05) is 13.8 Å². The molecular weight excluding hydrogens is 238 g/mol. The normalized spacial score (nSPS) is 11.3. The minimum atomic E-state index is -0.302. The van der Waals surface area contributed by atoms with E-state index in [1.165, 1.54) is 12.1 Å². The molecule has 3 nitrogen and oxygen atoms in total. The molecule has 2 N–H and O–H groups in total. The molecule has 94 valence electrons. The zero-order chi connectivity index (χ0) is 13.1. The molecule has 0 saturated heterocycles. The maximum Gasteiger partial charge on any atom is 0.255 e. The third-order valence-electron chi connectivity index (χ3n) is 2.53. The summed E-state index contributed by atoms with van der Waals surface area (Å²) in [7, 11) is 0. The summed E-state index contributed by atoms with van der Waals surface area (Å²) in [5.74, 6) is -0.359. The van der Waals surface area contributed by atoms with Gasteiger partial charge in [0.05, 0.1) is 5.56 Å². The van der Waals surface area contributed by atoms with Gasteiger partial charge in [0.2, 0.25) is 0 Å². The lowest BCUT2D eigenvalue weighted by Crippen LogP contribution is -2.43. The molecule has 0 unspecified atom stereocenters. The van der Waals surface area contributed by atoms with Crippen LogP contribution in [0.2, 0.25) is 5.02 Å². The van der Waals surface area contributed by atoms with Gasteiger partial charge in [-0.2, -0.15) is 0 Å². The number of amides is 1. The summed E-state index contributed by atoms with van der Waals surface area (Å²) >= 11 is 5.80. The van der Waals surface area contributed by atoms with Crippen molar-refractivity contribution in [2.75, 3.05) is 0 Å². The zero-order valence-electron chi connectivity index (χ0n) is 10.4. The summed E-state index contributed by atoms with van der Waals surface area (Å²) in [6.45, 7) is 5.97. The molecule has 0 aliphatic carbocycles. The average molecular weight is 256 g/mol. The van der Waals surface area contributed by atoms with E-state index >= 15 is 0 Å². The fourth-order valence-corrected chi connectivity index (χ4v) is 1.92. The number of nitrogens with one attached hydrogen (secondary N) is 1. The molecule has 4 heteroatoms. The van der Waals surface area contributed by atoms with Gasteiger partial charge in [-0.05, 0) is 38.5 Å². The summed E-state index contributed by atoms with van der Waals surface area (Å²) in [6, 6.07) is 4.43. The molecule has 0 aliphatic heterocycles. The van der Waals surface area contributed by atoms with E-state index in [0.29, 0.717) is 5.02 Å². The Balaban J connectivity index is 2.86. The van der Waals surface area contributed by atoms with Gasteiger partial charge in [0.1, 0.15) is 5.75 Å². The maximum absolute atomic E-state index is 12.0. The summed E-state index contributed by atoms with van der Waals surface area (Å²) in [4.78, 5) is 12.0. The second-order valence-electron chi connectivity index (χ2n) is 4.75. The maximum atomic E-state index is 12.0. The highest BCUT2D eigenvalue weighted by Crippen LogP contribution is 2.22. The van der Waals surface area contributed by atoms with Crippen molar-refractivity contribution < 1.29 is 9.90 Å². The summed E-state index contributed by atoms with van der Waals surface area (Å²) in [5, 5.41) is 12.9. The van der Waals surface area contributed by atoms with E-state index in [2.05, 4.69) is 12.2 Å². The Morgan fingerprint density at radius 1 is 1.47 bits per heavy atom. The van der Waals surface area contributed by atoms with Crippen LogP contribution in [-0.4, -0.2) is 16.6 Å². The molecule has 17 heavy (non-hydrogen) atoms. The van der Waals surface area contributed by atoms with Gasteiger partial charge in [-0.1, -0.05) is 24.9 Å². The van der Waals surface area contributed by atoms with Crippen molar-refractivity contribution in [2.24, 2.45) is 0 Å². The van der Waals surface area contributed by atoms with Crippen molar-refractivity contribution in [3.05, 3.63) is 28.8 Å². The lowest BCUT2D eigenvalue weighted by atomic mass is 9.98. The minimum Gasteiger partial charge on any atom is -0.507 e. The fraction of sp³-hybridized carbons (Fsp3) is 0.462. The second-order valence-corrected chi connectivity index (χ2v) is 5.19. The van der Waals surface area contributed by atoms with Gasteiger partial charge >= 0.3 is 0 Å². The number of rotatable bonds is 4. The van der Waals surface area contributed by atoms with Gasteiger partial charge in [0.15, 0.2) is 0 Å². The van der Waals surface area contributed by atoms with Crippen LogP contribution in [0.15, 0.2) is 18.2 Å². The number of phenolic OH excluding ortho intramolecular Hbond substituents is 1. The second kappa shape index (κ2) is 5.41. The van der Waals surface area contributed by atoms with Gasteiger partial charge < -0.3 is 10.4 Å². The van der Waals surface area contributed by atoms with E-state index in [0.717, 1.165) is 12.8 Å². The summed E-state index contributed by atoms with van der Waals surface area (Å²) in [5.41, 5.74) is -0.0812. The highest BCUT2D eigenvalue weighted by atomic mass is 35.5. The van der Waals surface area contributed by atoms with Crippen molar-refractivity contribution in [1.82, 2.24) is 5.32 Å². The number of hydrogen-bond donors (Lipinski definition) is 2. The number of hydrogen-bond acceptors (Lipinski definition) is 2. The minimum absolute atomic E-state index is 0.0563. The number of carbonyl (C=O) groups is 1. The SMILES string of the molecule is CCCC(C)(C)NC(=O)c1cc(Cl)ccc1O. The first-order chi connectivity index (χ1) is 7.85. The number of benzene rings is 1. The molecule has 0 atom stereocenters. The molecular formula is C13H18ClNO2. The van der Waals surface area contributed by atoms with Crippen molar-refractivity contribution in [3.63, 3.8) is 0 Å². The lowest BCUT2D eigenvalue weighted by molar-refractivity contribution is 0.0906. The topological polar surface area (TPSA) is 49.3 Å². The molecule has 0 aliphatic rings. The monoisotopic (exact) mass is 255 g/mol. The van der Waals surface area contributed by atoms with Crippen LogP contribution in [0.4, 0.5) is 0 Å². The van der Waals surface area contributed by atoms with Crippen LogP contribution >= 0.6 is 11.6 Å². The van der Waals surface area contributed by atoms with Gasteiger partial charge in [0, 0.05) is 10.6 Å². The average Bonchev–Trinajstić information content (AvgIpc) is 2.20. The Labute approximate surface area is 107 Å². The first-order valence-electron chi connectivity index (χ1n) is 5.67. The standard InChI is InChI=1S/C13H18ClNO2/c1-4-7-13(2,3)15-12(17)10-8-9(14)5-6-11(10)16/h5-6,8,16H,4,7H2,1-3H3,(H,15,17). The van der Waals surface area contributed by atoms with E-state index in [4.69, 9.17) is 11.6 Å². The van der Waals surface area contributed by atoms with Crippen molar-refractivity contribution in [3.8, 4) is 5.75 Å². The molecule has 0 fully saturated rings. The van der Waals surface area contributed by atoms with Crippen LogP contribution in [0.5, 0.6) is 5.75 Å². The van der Waals surface area contributed by atoms with E-state index in [9.17, 15) is 9.90 Å². The largest absolute Gasteiger partial charge is 0.507 e. The van der Waals surface area contributed by atoms with Crippen LogP contribution in [0.25, 0.3) is 0 Å². The van der Waals surface area contributed by atoms with Crippen molar-refractivity contribution >= 4 is 17.5 Å². The summed E-state index contributed by atoms with van der Waals surface area (Å²) in [6.07, 6.45) is 1.86. The van der Waals surface area contributed by atoms with Crippen molar-refractivity contribution in [2.45, 2.75) is 39.2 Å². The molecule has 0 heterocycles. The quantitative estimate of drug-likeness (QED) is 0.867. The molecule has 1 aromatic carbocycles. The van der Waals surface area contributed by atoms with Crippen LogP contribution in [-0.2, 0) is 0 Å². The molecule has 0 saturated carbocycles. The predicted molar refractivity (Wildman–Crippen MR) is 69.6 cm³/mol. The van der Waals surface area contributed by atoms with E-state index in [-0.39, 0.29) is 22.8 Å². The summed E-state index contributed by atoms with van der Waals surface area (Å²) < 4.78 is 0. The van der Waals surface area contributed by atoms with Crippen molar-refractivity contribution in [1.29, 1.82) is 0 Å². The highest BCUT2D eigenvalue weighted by molar-refractivity contribution is 6.31. The van der Waals surface area contributed by atoms with Gasteiger partial charge in [0.25, 0.3) is 5.91 Å². The van der Waals surface area contributed by atoms with Gasteiger partial charge in [-0.3, -0.25) is 4.79 Å². The number of aromatic hydroxyl groups is 1. The molecule has 0 aromatic heterocycles. The fourth-order valence-electron chi connectivity index (χ4n) is 1.75. The Morgan fingerprint density at radius 2 is 2.12 bits per heavy atom. The predicted octanol–water partition coefficient (Wildman–Crippen LogP) is 3.35. The molecule has 1 rings (SSSR count). The third-order valence-corrected chi connectivity index (χ3v) is 2.77. The smallest absolute Gasteiger partial charge is 0.255 e. The van der Waals surface area contributed by atoms with E-state index < -0.39 is 0 Å².